The van der Waals surface area contributed by atoms with Crippen LogP contribution in [0.4, 0.5) is 4.39 Å². The van der Waals surface area contributed by atoms with Gasteiger partial charge in [-0.25, -0.2) is 4.39 Å². The molecular weight excluding hydrogens is 337 g/mol. The first kappa shape index (κ1) is 14.0. The van der Waals surface area contributed by atoms with Gasteiger partial charge in [-0.3, -0.25) is 0 Å². The van der Waals surface area contributed by atoms with E-state index in [9.17, 15) is 9.50 Å². The molecule has 0 atom stereocenters. The molecule has 3 rings (SSSR count). The second-order valence-corrected chi connectivity index (χ2v) is 5.31. The number of hydrogen-bond acceptors (Lipinski definition) is 3. The number of aromatic nitrogens is 1. The van der Waals surface area contributed by atoms with Gasteiger partial charge in [0.1, 0.15) is 11.5 Å². The van der Waals surface area contributed by atoms with Crippen LogP contribution in [0.5, 0.6) is 0 Å². The second-order valence-electron chi connectivity index (χ2n) is 4.46. The first-order valence-corrected chi connectivity index (χ1v) is 7.11. The van der Waals surface area contributed by atoms with Crippen LogP contribution in [0.15, 0.2) is 57.5 Å². The molecule has 106 valence electrons. The van der Waals surface area contributed by atoms with Crippen LogP contribution in [-0.4, -0.2) is 10.3 Å². The lowest BCUT2D eigenvalue weighted by molar-refractivity contribution is 0.281. The van der Waals surface area contributed by atoms with Crippen LogP contribution in [0.3, 0.4) is 0 Å². The van der Waals surface area contributed by atoms with Crippen molar-refractivity contribution in [3.63, 3.8) is 0 Å². The Hall–Kier alpha value is -1.98. The average molecular weight is 348 g/mol. The third-order valence-corrected chi connectivity index (χ3v) is 3.89. The van der Waals surface area contributed by atoms with Crippen molar-refractivity contribution in [3.8, 4) is 22.6 Å². The van der Waals surface area contributed by atoms with Gasteiger partial charge in [0.15, 0.2) is 5.76 Å². The summed E-state index contributed by atoms with van der Waals surface area (Å²) in [6.45, 7) is -0.288. The number of nitrogens with zero attached hydrogens (tertiary/aromatic N) is 1. The maximum Gasteiger partial charge on any atom is 0.174 e. The average Bonchev–Trinajstić information content (AvgIpc) is 2.91. The first-order chi connectivity index (χ1) is 10.2. The summed E-state index contributed by atoms with van der Waals surface area (Å²) in [5.74, 6) is 0.0300. The number of halogens is 2. The third kappa shape index (κ3) is 2.50. The normalized spacial score (nSPS) is 10.8. The Balaban J connectivity index is 2.19. The van der Waals surface area contributed by atoms with Gasteiger partial charge >= 0.3 is 0 Å². The molecule has 0 aliphatic carbocycles. The van der Waals surface area contributed by atoms with Gasteiger partial charge in [-0.05, 0) is 24.3 Å². The van der Waals surface area contributed by atoms with Gasteiger partial charge in [0.2, 0.25) is 0 Å². The summed E-state index contributed by atoms with van der Waals surface area (Å²) in [5.41, 5.74) is 1.86. The Morgan fingerprint density at radius 3 is 2.38 bits per heavy atom. The van der Waals surface area contributed by atoms with Crippen LogP contribution in [0.2, 0.25) is 0 Å². The highest BCUT2D eigenvalue weighted by atomic mass is 79.9. The molecule has 0 aliphatic heterocycles. The summed E-state index contributed by atoms with van der Waals surface area (Å²) in [5, 5.41) is 13.6. The zero-order valence-electron chi connectivity index (χ0n) is 10.9. The standard InChI is InChI=1S/C16H11BrFNO2/c17-13-7-3-1-5-10(13)16-12(9-20)15(19-21-16)11-6-2-4-8-14(11)18/h1-8,20H,9H2. The summed E-state index contributed by atoms with van der Waals surface area (Å²) in [4.78, 5) is 0. The first-order valence-electron chi connectivity index (χ1n) is 6.31. The molecule has 5 heteroatoms. The number of aliphatic hydroxyl groups is 1. The zero-order chi connectivity index (χ0) is 14.8. The van der Waals surface area contributed by atoms with E-state index in [2.05, 4.69) is 21.1 Å². The topological polar surface area (TPSA) is 46.3 Å². The van der Waals surface area contributed by atoms with Gasteiger partial charge in [0, 0.05) is 15.6 Å². The van der Waals surface area contributed by atoms with Crippen LogP contribution in [0, 0.1) is 5.82 Å². The van der Waals surface area contributed by atoms with E-state index in [1.807, 2.05) is 24.3 Å². The van der Waals surface area contributed by atoms with Gasteiger partial charge < -0.3 is 9.63 Å². The van der Waals surface area contributed by atoms with Gasteiger partial charge in [-0.2, -0.15) is 0 Å². The quantitative estimate of drug-likeness (QED) is 0.763. The van der Waals surface area contributed by atoms with E-state index in [1.165, 1.54) is 6.07 Å². The van der Waals surface area contributed by atoms with Crippen LogP contribution in [0.1, 0.15) is 5.56 Å². The molecule has 3 nitrogen and oxygen atoms in total. The number of rotatable bonds is 3. The predicted molar refractivity (Wildman–Crippen MR) is 81.0 cm³/mol. The van der Waals surface area contributed by atoms with Gasteiger partial charge in [0.25, 0.3) is 0 Å². The molecule has 1 aromatic heterocycles. The minimum atomic E-state index is -0.404. The Bertz CT molecular complexity index is 722. The fraction of sp³-hybridized carbons (Fsp3) is 0.0625. The second kappa shape index (κ2) is 5.79. The van der Waals surface area contributed by atoms with E-state index in [0.717, 1.165) is 10.0 Å². The monoisotopic (exact) mass is 347 g/mol. The van der Waals surface area contributed by atoms with Crippen LogP contribution in [-0.2, 0) is 6.61 Å². The van der Waals surface area contributed by atoms with Crippen molar-refractivity contribution in [2.75, 3.05) is 0 Å². The summed E-state index contributed by atoms with van der Waals surface area (Å²) in [6.07, 6.45) is 0. The molecule has 0 amide bonds. The van der Waals surface area contributed by atoms with Gasteiger partial charge in [-0.1, -0.05) is 45.4 Å². The van der Waals surface area contributed by atoms with E-state index in [0.29, 0.717) is 22.6 Å². The highest BCUT2D eigenvalue weighted by molar-refractivity contribution is 9.10. The fourth-order valence-electron chi connectivity index (χ4n) is 2.18. The van der Waals surface area contributed by atoms with Crippen molar-refractivity contribution in [1.82, 2.24) is 5.16 Å². The summed E-state index contributed by atoms with van der Waals surface area (Å²) in [6, 6.07) is 13.7. The van der Waals surface area contributed by atoms with Gasteiger partial charge in [0.05, 0.1) is 12.2 Å². The maximum atomic E-state index is 13.9. The van der Waals surface area contributed by atoms with Gasteiger partial charge in [-0.15, -0.1) is 0 Å². The van der Waals surface area contributed by atoms with Crippen molar-refractivity contribution in [2.45, 2.75) is 6.61 Å². The number of aliphatic hydroxyl groups excluding tert-OH is 1. The van der Waals surface area contributed by atoms with E-state index in [1.54, 1.807) is 18.2 Å². The van der Waals surface area contributed by atoms with Crippen LogP contribution in [0.25, 0.3) is 22.6 Å². The highest BCUT2D eigenvalue weighted by Crippen LogP contribution is 2.36. The molecule has 0 unspecified atom stereocenters. The molecule has 0 spiro atoms. The Morgan fingerprint density at radius 2 is 1.71 bits per heavy atom. The summed E-state index contributed by atoms with van der Waals surface area (Å²) >= 11 is 3.43. The predicted octanol–water partition coefficient (Wildman–Crippen LogP) is 4.40. The van der Waals surface area contributed by atoms with Crippen LogP contribution >= 0.6 is 15.9 Å². The van der Waals surface area contributed by atoms with E-state index >= 15 is 0 Å². The number of hydrogen-bond donors (Lipinski definition) is 1. The minimum Gasteiger partial charge on any atom is -0.391 e. The van der Waals surface area contributed by atoms with Crippen molar-refractivity contribution >= 4 is 15.9 Å². The third-order valence-electron chi connectivity index (χ3n) is 3.19. The smallest absolute Gasteiger partial charge is 0.174 e. The van der Waals surface area contributed by atoms with Crippen molar-refractivity contribution < 1.29 is 14.0 Å². The maximum absolute atomic E-state index is 13.9. The molecule has 0 saturated carbocycles. The molecule has 0 bridgehead atoms. The molecule has 2 aromatic carbocycles. The SMILES string of the molecule is OCc1c(-c2ccccc2F)noc1-c1ccccc1Br. The molecule has 0 saturated heterocycles. The lowest BCUT2D eigenvalue weighted by Crippen LogP contribution is -1.91. The highest BCUT2D eigenvalue weighted by Gasteiger charge is 2.21. The molecule has 0 aliphatic rings. The molecule has 0 fully saturated rings. The minimum absolute atomic E-state index is 0.288. The largest absolute Gasteiger partial charge is 0.391 e. The number of benzene rings is 2. The van der Waals surface area contributed by atoms with E-state index in [-0.39, 0.29) is 6.61 Å². The van der Waals surface area contributed by atoms with Crippen molar-refractivity contribution in [2.24, 2.45) is 0 Å². The lowest BCUT2D eigenvalue weighted by Gasteiger charge is -2.03. The Labute approximate surface area is 129 Å². The molecule has 1 heterocycles. The van der Waals surface area contributed by atoms with Crippen molar-refractivity contribution in [1.29, 1.82) is 0 Å². The van der Waals surface area contributed by atoms with E-state index in [4.69, 9.17) is 4.52 Å². The Kier molecular flexibility index (Phi) is 3.86. The zero-order valence-corrected chi connectivity index (χ0v) is 12.5. The van der Waals surface area contributed by atoms with E-state index < -0.39 is 5.82 Å². The molecule has 1 N–H and O–H groups in total. The summed E-state index contributed by atoms with van der Waals surface area (Å²) < 4.78 is 20.1. The molecule has 3 aromatic rings. The summed E-state index contributed by atoms with van der Waals surface area (Å²) in [7, 11) is 0. The Morgan fingerprint density at radius 1 is 1.05 bits per heavy atom. The fourth-order valence-corrected chi connectivity index (χ4v) is 2.64. The molecule has 0 radical (unpaired) electrons. The lowest BCUT2D eigenvalue weighted by atomic mass is 10.0. The van der Waals surface area contributed by atoms with Crippen LogP contribution < -0.4 is 0 Å². The van der Waals surface area contributed by atoms with Crippen molar-refractivity contribution in [3.05, 3.63) is 64.4 Å². The molecule has 21 heavy (non-hydrogen) atoms. The molecular formula is C16H11BrFNO2.